The van der Waals surface area contributed by atoms with Gasteiger partial charge < -0.3 is 24.6 Å². The number of nitrogens with one attached hydrogen (secondary N) is 1. The molecule has 1 fully saturated rings. The number of carbonyl (C=O) groups is 3. The lowest BCUT2D eigenvalue weighted by atomic mass is 10.1. The Hall–Kier alpha value is -2.77. The van der Waals surface area contributed by atoms with Gasteiger partial charge in [-0.2, -0.15) is 0 Å². The van der Waals surface area contributed by atoms with Gasteiger partial charge in [0, 0.05) is 26.2 Å². The highest BCUT2D eigenvalue weighted by atomic mass is 16.6. The van der Waals surface area contributed by atoms with Crippen molar-refractivity contribution < 1.29 is 23.9 Å². The molecule has 0 aliphatic carbocycles. The molecule has 8 nitrogen and oxygen atoms in total. The van der Waals surface area contributed by atoms with E-state index in [1.807, 2.05) is 0 Å². The molecule has 1 N–H and O–H groups in total. The Morgan fingerprint density at radius 2 is 1.92 bits per heavy atom. The summed E-state index contributed by atoms with van der Waals surface area (Å²) in [5, 5.41) is 2.69. The monoisotopic (exact) mass is 333 g/mol. The lowest BCUT2D eigenvalue weighted by Crippen LogP contribution is -2.50. The molecule has 1 aromatic rings. The van der Waals surface area contributed by atoms with E-state index in [1.54, 1.807) is 34.9 Å². The van der Waals surface area contributed by atoms with Gasteiger partial charge >= 0.3 is 6.09 Å². The summed E-state index contributed by atoms with van der Waals surface area (Å²) < 4.78 is 10.4. The van der Waals surface area contributed by atoms with Crippen LogP contribution in [0, 0.1) is 0 Å². The van der Waals surface area contributed by atoms with E-state index in [4.69, 9.17) is 9.47 Å². The van der Waals surface area contributed by atoms with Gasteiger partial charge in [-0.05, 0) is 19.1 Å². The fourth-order valence-corrected chi connectivity index (χ4v) is 2.76. The van der Waals surface area contributed by atoms with Crippen LogP contribution in [-0.4, -0.2) is 67.1 Å². The summed E-state index contributed by atoms with van der Waals surface area (Å²) in [7, 11) is 0. The second-order valence-corrected chi connectivity index (χ2v) is 5.50. The minimum absolute atomic E-state index is 0.103. The molecule has 8 heteroatoms. The quantitative estimate of drug-likeness (QED) is 0.870. The molecule has 1 aromatic carbocycles. The Morgan fingerprint density at radius 3 is 2.62 bits per heavy atom. The topological polar surface area (TPSA) is 88.2 Å². The smallest absolute Gasteiger partial charge is 0.409 e. The van der Waals surface area contributed by atoms with Crippen molar-refractivity contribution in [1.82, 2.24) is 9.80 Å². The highest BCUT2D eigenvalue weighted by Crippen LogP contribution is 2.32. The molecule has 24 heavy (non-hydrogen) atoms. The average molecular weight is 333 g/mol. The van der Waals surface area contributed by atoms with Crippen LogP contribution in [0.4, 0.5) is 10.5 Å². The van der Waals surface area contributed by atoms with Crippen molar-refractivity contribution >= 4 is 23.6 Å². The molecular weight excluding hydrogens is 314 g/mol. The predicted molar refractivity (Wildman–Crippen MR) is 85.1 cm³/mol. The summed E-state index contributed by atoms with van der Waals surface area (Å²) >= 11 is 0. The van der Waals surface area contributed by atoms with Gasteiger partial charge in [0.2, 0.25) is 0 Å². The Balaban J connectivity index is 1.69. The third kappa shape index (κ3) is 3.12. The Morgan fingerprint density at radius 1 is 1.21 bits per heavy atom. The van der Waals surface area contributed by atoms with Crippen LogP contribution in [0.5, 0.6) is 5.75 Å². The van der Waals surface area contributed by atoms with Crippen molar-refractivity contribution in [3.05, 3.63) is 23.8 Å². The van der Waals surface area contributed by atoms with Gasteiger partial charge in [-0.15, -0.1) is 0 Å². The van der Waals surface area contributed by atoms with Gasteiger partial charge in [0.05, 0.1) is 17.9 Å². The second kappa shape index (κ2) is 6.77. The fraction of sp³-hybridized carbons (Fsp3) is 0.438. The molecule has 0 spiro atoms. The summed E-state index contributed by atoms with van der Waals surface area (Å²) in [6.07, 6.45) is -0.354. The molecule has 128 valence electrons. The molecular formula is C16H19N3O5. The van der Waals surface area contributed by atoms with Gasteiger partial charge in [0.25, 0.3) is 11.8 Å². The highest BCUT2D eigenvalue weighted by Gasteiger charge is 2.29. The Kier molecular flexibility index (Phi) is 4.54. The van der Waals surface area contributed by atoms with E-state index in [0.29, 0.717) is 49.8 Å². The molecule has 2 aliphatic heterocycles. The third-order valence-electron chi connectivity index (χ3n) is 3.96. The molecule has 1 saturated heterocycles. The number of fused-ring (bicyclic) bond motifs is 1. The van der Waals surface area contributed by atoms with Crippen molar-refractivity contribution in [3.63, 3.8) is 0 Å². The number of hydrogen-bond acceptors (Lipinski definition) is 5. The van der Waals surface area contributed by atoms with E-state index in [1.165, 1.54) is 0 Å². The van der Waals surface area contributed by atoms with Crippen LogP contribution >= 0.6 is 0 Å². The summed E-state index contributed by atoms with van der Waals surface area (Å²) in [6.45, 7) is 3.69. The molecule has 2 heterocycles. The summed E-state index contributed by atoms with van der Waals surface area (Å²) in [4.78, 5) is 39.1. The Bertz CT molecular complexity index is 668. The number of benzene rings is 1. The number of carbonyl (C=O) groups excluding carboxylic acids is 3. The normalized spacial score (nSPS) is 16.8. The van der Waals surface area contributed by atoms with Gasteiger partial charge in [0.1, 0.15) is 0 Å². The van der Waals surface area contributed by atoms with E-state index < -0.39 is 0 Å². The first-order valence-corrected chi connectivity index (χ1v) is 7.86. The van der Waals surface area contributed by atoms with Crippen LogP contribution in [-0.2, 0) is 9.53 Å². The maximum atomic E-state index is 12.8. The van der Waals surface area contributed by atoms with Crippen LogP contribution in [0.3, 0.4) is 0 Å². The van der Waals surface area contributed by atoms with E-state index in [0.717, 1.165) is 0 Å². The van der Waals surface area contributed by atoms with Crippen LogP contribution in [0.15, 0.2) is 18.2 Å². The minimum atomic E-state index is -0.354. The number of nitrogens with zero attached hydrogens (tertiary/aromatic N) is 2. The van der Waals surface area contributed by atoms with Gasteiger partial charge in [0.15, 0.2) is 12.4 Å². The summed E-state index contributed by atoms with van der Waals surface area (Å²) in [5.74, 6) is -0.0171. The molecule has 2 aliphatic rings. The van der Waals surface area contributed by atoms with E-state index in [2.05, 4.69) is 5.32 Å². The molecule has 0 saturated carbocycles. The van der Waals surface area contributed by atoms with E-state index in [9.17, 15) is 14.4 Å². The molecule has 0 unspecified atom stereocenters. The number of ether oxygens (including phenoxy) is 2. The zero-order chi connectivity index (χ0) is 17.1. The first kappa shape index (κ1) is 16.1. The number of anilines is 1. The predicted octanol–water partition coefficient (Wildman–Crippen LogP) is 0.932. The fourth-order valence-electron chi connectivity index (χ4n) is 2.76. The van der Waals surface area contributed by atoms with Crippen molar-refractivity contribution in [3.8, 4) is 5.75 Å². The number of piperazine rings is 1. The van der Waals surface area contributed by atoms with Crippen molar-refractivity contribution in [2.75, 3.05) is 44.7 Å². The second-order valence-electron chi connectivity index (χ2n) is 5.50. The first-order valence-electron chi connectivity index (χ1n) is 7.86. The first-order chi connectivity index (χ1) is 11.6. The SMILES string of the molecule is CCOC(=O)N1CCN(C(=O)c2cccc3c2OCC(=O)N3)CC1. The van der Waals surface area contributed by atoms with Crippen LogP contribution in [0.2, 0.25) is 0 Å². The lowest BCUT2D eigenvalue weighted by molar-refractivity contribution is -0.118. The molecule has 0 aromatic heterocycles. The number of amides is 3. The zero-order valence-electron chi connectivity index (χ0n) is 13.4. The minimum Gasteiger partial charge on any atom is -0.481 e. The van der Waals surface area contributed by atoms with Crippen molar-refractivity contribution in [1.29, 1.82) is 0 Å². The average Bonchev–Trinajstić information content (AvgIpc) is 2.60. The number of rotatable bonds is 2. The van der Waals surface area contributed by atoms with E-state index >= 15 is 0 Å². The van der Waals surface area contributed by atoms with Gasteiger partial charge in [-0.1, -0.05) is 6.07 Å². The molecule has 0 bridgehead atoms. The molecule has 3 amide bonds. The Labute approximate surface area is 139 Å². The van der Waals surface area contributed by atoms with Crippen molar-refractivity contribution in [2.45, 2.75) is 6.92 Å². The van der Waals surface area contributed by atoms with Crippen LogP contribution in [0.1, 0.15) is 17.3 Å². The van der Waals surface area contributed by atoms with Crippen LogP contribution < -0.4 is 10.1 Å². The van der Waals surface area contributed by atoms with Gasteiger partial charge in [-0.3, -0.25) is 9.59 Å². The highest BCUT2D eigenvalue weighted by molar-refractivity contribution is 6.03. The molecule has 3 rings (SSSR count). The maximum Gasteiger partial charge on any atom is 0.409 e. The molecule has 0 atom stereocenters. The van der Waals surface area contributed by atoms with Gasteiger partial charge in [-0.25, -0.2) is 4.79 Å². The van der Waals surface area contributed by atoms with E-state index in [-0.39, 0.29) is 24.5 Å². The standard InChI is InChI=1S/C16H19N3O5/c1-2-23-16(22)19-8-6-18(7-9-19)15(21)11-4-3-5-12-14(11)24-10-13(20)17-12/h3-5H,2,6-10H2,1H3,(H,17,20). The largest absolute Gasteiger partial charge is 0.481 e. The number of para-hydroxylation sites is 1. The zero-order valence-corrected chi connectivity index (χ0v) is 13.4. The van der Waals surface area contributed by atoms with Crippen LogP contribution in [0.25, 0.3) is 0 Å². The number of hydrogen-bond donors (Lipinski definition) is 1. The lowest BCUT2D eigenvalue weighted by Gasteiger charge is -2.34. The van der Waals surface area contributed by atoms with Crippen molar-refractivity contribution in [2.24, 2.45) is 0 Å². The summed E-state index contributed by atoms with van der Waals surface area (Å²) in [6, 6.07) is 5.08. The summed E-state index contributed by atoms with van der Waals surface area (Å²) in [5.41, 5.74) is 0.916. The molecule has 0 radical (unpaired) electrons. The third-order valence-corrected chi connectivity index (χ3v) is 3.96. The maximum absolute atomic E-state index is 12.8.